The molecule has 0 saturated carbocycles. The summed E-state index contributed by atoms with van der Waals surface area (Å²) in [5.41, 5.74) is 5.28. The van der Waals surface area contributed by atoms with E-state index < -0.39 is 64.1 Å². The maximum Gasteiger partial charge on any atom is 0.500 e. The molecule has 0 radical (unpaired) electrons. The van der Waals surface area contributed by atoms with Crippen molar-refractivity contribution in [1.82, 2.24) is 26.6 Å². The Hall–Kier alpha value is -11.9. The van der Waals surface area contributed by atoms with Crippen LogP contribution in [0.25, 0.3) is 4.85 Å². The summed E-state index contributed by atoms with van der Waals surface area (Å²) >= 11 is 2.76. The lowest BCUT2D eigenvalue weighted by Gasteiger charge is -2.15. The van der Waals surface area contributed by atoms with Crippen molar-refractivity contribution in [3.8, 4) is 41.8 Å². The van der Waals surface area contributed by atoms with Crippen molar-refractivity contribution in [2.75, 3.05) is 67.1 Å². The van der Waals surface area contributed by atoms with Gasteiger partial charge in [-0.2, -0.15) is 26.3 Å². The van der Waals surface area contributed by atoms with E-state index in [1.54, 1.807) is 51.4 Å². The topological polar surface area (TPSA) is 570 Å². The number of nitriles is 5. The highest BCUT2D eigenvalue weighted by Crippen LogP contribution is 2.33. The Balaban J connectivity index is -0.000000289. The van der Waals surface area contributed by atoms with E-state index in [0.717, 1.165) is 66.0 Å². The standard InChI is InChI=1S/2C15H14N2O6S2.2C8H11N3O3.C5H10N2O3.2C5H8N2.C2H7N.2CH4/c2*1-2-24-13-10-14(18)17(15(13)19)11-5-3-6-12(9-11)23-25(20,21)22-8-4-7-16;1-3-10-8(12)6-7(11(13)14)4-5-9-2;1-2-10-8(12)6-7(11(13)14)4-3-5-9;1-2-6-5(8)3-4-7(9)10;2*1-2-7-5-3-4-6;1-2-3;;/h2*3-6,8-9,13H,2,10H2,1H3;4-5,7H,3,6H2,1H3,(H,10,12);3-4,7H,2,6H2,1H3,(H,10,12);2-4H2,1H3,(H,6,8);2*3,5,7H,2H2,1H3;2-3H2,1H3;2*1H4/b2*8-4+;5-4+;4-3-;;5-3+;5-3-;;;. The van der Waals surface area contributed by atoms with Crippen molar-refractivity contribution < 1.29 is 81.9 Å². The fourth-order valence-corrected chi connectivity index (χ4v) is 9.80. The molecule has 2 heterocycles. The van der Waals surface area contributed by atoms with Crippen molar-refractivity contribution in [1.29, 1.82) is 26.3 Å². The van der Waals surface area contributed by atoms with Crippen molar-refractivity contribution >= 4 is 97.0 Å². The lowest BCUT2D eigenvalue weighted by atomic mass is 10.2. The summed E-state index contributed by atoms with van der Waals surface area (Å²) in [5, 5.41) is 83.3. The molecule has 586 valence electrons. The first-order chi connectivity index (χ1) is 49.9. The van der Waals surface area contributed by atoms with Crippen LogP contribution in [-0.2, 0) is 62.7 Å². The minimum Gasteiger partial charge on any atom is -0.391 e. The second-order valence-electron chi connectivity index (χ2n) is 18.7. The van der Waals surface area contributed by atoms with Crippen LogP contribution in [0.5, 0.6) is 11.5 Å². The van der Waals surface area contributed by atoms with Crippen LogP contribution in [0, 0.1) is 93.6 Å². The number of imide groups is 2. The maximum absolute atomic E-state index is 12.3. The molecule has 42 heteroatoms. The van der Waals surface area contributed by atoms with E-state index in [9.17, 15) is 80.7 Å². The Morgan fingerprint density at radius 3 is 1.27 bits per heavy atom. The van der Waals surface area contributed by atoms with Crippen LogP contribution in [0.15, 0.2) is 122 Å². The molecule has 0 aliphatic carbocycles. The largest absolute Gasteiger partial charge is 0.500 e. The third kappa shape index (κ3) is 53.5. The molecule has 107 heavy (non-hydrogen) atoms. The molecule has 2 saturated heterocycles. The average Bonchev–Trinajstić information content (AvgIpc) is 1.68. The summed E-state index contributed by atoms with van der Waals surface area (Å²) in [5.74, 6) is -1.30. The molecule has 0 bridgehead atoms. The summed E-state index contributed by atoms with van der Waals surface area (Å²) in [6, 6.07) is 17.3. The molecular weight excluding hydrogens is 1480 g/mol. The molecule has 4 atom stereocenters. The Morgan fingerprint density at radius 2 is 0.963 bits per heavy atom. The number of rotatable bonds is 32. The highest BCUT2D eigenvalue weighted by Gasteiger charge is 2.41. The smallest absolute Gasteiger partial charge is 0.391 e. The lowest BCUT2D eigenvalue weighted by Crippen LogP contribution is -2.31. The maximum atomic E-state index is 12.3. The predicted octanol–water partition coefficient (Wildman–Crippen LogP) is 6.62. The summed E-state index contributed by atoms with van der Waals surface area (Å²) in [6.45, 7) is 24.9. The molecule has 0 spiro atoms. The molecule has 2 aliphatic heterocycles. The molecule has 4 rings (SSSR count). The second-order valence-corrected chi connectivity index (χ2v) is 24.0. The van der Waals surface area contributed by atoms with Crippen molar-refractivity contribution in [2.45, 2.75) is 125 Å². The molecule has 2 aromatic carbocycles. The van der Waals surface area contributed by atoms with E-state index in [0.29, 0.717) is 43.7 Å². The zero-order chi connectivity index (χ0) is 80.6. The molecule has 0 aromatic heterocycles. The molecule has 7 amide bonds. The molecule has 2 aliphatic rings. The third-order valence-corrected chi connectivity index (χ3v) is 14.5. The Bertz CT molecular complexity index is 3570. The number of hydrogen-bond donors (Lipinski definition) is 6. The van der Waals surface area contributed by atoms with Gasteiger partial charge in [-0.1, -0.05) is 47.8 Å². The van der Waals surface area contributed by atoms with Gasteiger partial charge in [-0.05, 0) is 89.1 Å². The highest BCUT2D eigenvalue weighted by molar-refractivity contribution is 8.00. The van der Waals surface area contributed by atoms with Crippen LogP contribution in [-0.4, -0.2) is 153 Å². The number of carbonyl (C=O) groups is 7. The Kier molecular flexibility index (Phi) is 65.5. The van der Waals surface area contributed by atoms with Gasteiger partial charge in [0, 0.05) is 103 Å². The third-order valence-electron chi connectivity index (χ3n) is 10.8. The monoisotopic (exact) mass is 1570 g/mol. The second kappa shape index (κ2) is 66.1. The number of nitro groups is 3. The van der Waals surface area contributed by atoms with E-state index in [2.05, 4.69) is 39.8 Å². The van der Waals surface area contributed by atoms with E-state index in [-0.39, 0.29) is 112 Å². The average molecular weight is 1570 g/mol. The molecule has 4 unspecified atom stereocenters. The van der Waals surface area contributed by atoms with Gasteiger partial charge < -0.3 is 49.0 Å². The van der Waals surface area contributed by atoms with E-state index >= 15 is 0 Å². The van der Waals surface area contributed by atoms with E-state index in [1.807, 2.05) is 46.8 Å². The van der Waals surface area contributed by atoms with Crippen LogP contribution in [0.2, 0.25) is 0 Å². The first kappa shape index (κ1) is 106. The minimum atomic E-state index is -4.42. The number of benzene rings is 2. The Labute approximate surface area is 632 Å². The van der Waals surface area contributed by atoms with Crippen LogP contribution in [0.1, 0.15) is 102 Å². The number of allylic oxidation sites excluding steroid dienone is 5. The normalized spacial score (nSPS) is 13.6. The lowest BCUT2D eigenvalue weighted by molar-refractivity contribution is -0.508. The van der Waals surface area contributed by atoms with Gasteiger partial charge in [-0.25, -0.2) is 14.6 Å². The number of nitrogens with zero attached hydrogens (tertiary/aromatic N) is 11. The summed E-state index contributed by atoms with van der Waals surface area (Å²) in [6.07, 6.45) is 13.0. The molecular formula is C65H91N17O21S4. The number of thioether (sulfide) groups is 2. The number of hydrogen-bond acceptors (Lipinski definition) is 31. The van der Waals surface area contributed by atoms with Crippen LogP contribution in [0.3, 0.4) is 0 Å². The van der Waals surface area contributed by atoms with Gasteiger partial charge in [0.15, 0.2) is 6.20 Å². The van der Waals surface area contributed by atoms with Crippen molar-refractivity contribution in [3.05, 3.63) is 164 Å². The van der Waals surface area contributed by atoms with Crippen LogP contribution >= 0.6 is 23.5 Å². The van der Waals surface area contributed by atoms with Crippen molar-refractivity contribution in [2.24, 2.45) is 5.73 Å². The van der Waals surface area contributed by atoms with Crippen LogP contribution < -0.4 is 50.5 Å². The minimum absolute atomic E-state index is 0. The number of nitrogens with two attached hydrogens (primary N) is 1. The van der Waals surface area contributed by atoms with Gasteiger partial charge in [0.05, 0.1) is 90.2 Å². The fraction of sp³-hybridized carbons (Fsp3) is 0.431. The van der Waals surface area contributed by atoms with Gasteiger partial charge in [0.25, 0.3) is 0 Å². The first-order valence-corrected chi connectivity index (χ1v) is 35.7. The molecule has 2 fully saturated rings. The molecule has 38 nitrogen and oxygen atoms in total. The van der Waals surface area contributed by atoms with Gasteiger partial charge in [-0.15, -0.1) is 40.4 Å². The summed E-state index contributed by atoms with van der Waals surface area (Å²) < 4.78 is 64.6. The summed E-state index contributed by atoms with van der Waals surface area (Å²) in [4.78, 5) is 115. The number of nitrogens with one attached hydrogen (secondary N) is 5. The Morgan fingerprint density at radius 1 is 0.607 bits per heavy atom. The molecule has 7 N–H and O–H groups in total. The van der Waals surface area contributed by atoms with Gasteiger partial charge >= 0.3 is 20.8 Å². The van der Waals surface area contributed by atoms with E-state index in [1.165, 1.54) is 84.2 Å². The number of anilines is 2. The SMILES string of the molecule is C.C.CCN.CCN/C=C/C#N.CCN/C=C\C#N.CCNC(=O)CC(/C=C\C#N)[N+](=O)[O-].CCNC(=O)CC[N+](=O)[O-].CCSC1CC(=O)N(c2cccc(OS(=O)(=O)O/C=C/C#N)c2)C1=O.CCSC1CC(=O)N(c2cccc(OS(=O)(=O)O/C=C/C#N)c2)C1=O.[C-]#[N+]/C=C/C(CC(=O)NCC)[N+](=O)[O-]. The predicted molar refractivity (Wildman–Crippen MR) is 401 cm³/mol. The van der Waals surface area contributed by atoms with Crippen molar-refractivity contribution in [3.63, 3.8) is 0 Å². The quantitative estimate of drug-likeness (QED) is 0.0112. The summed E-state index contributed by atoms with van der Waals surface area (Å²) in [7, 11) is -8.85. The fourth-order valence-electron chi connectivity index (χ4n) is 6.84. The van der Waals surface area contributed by atoms with Gasteiger partial charge in [0.2, 0.25) is 60.0 Å². The molecule has 2 aromatic rings. The van der Waals surface area contributed by atoms with E-state index in [4.69, 9.17) is 47.0 Å². The zero-order valence-corrected chi connectivity index (χ0v) is 61.7. The first-order valence-electron chi connectivity index (χ1n) is 31.0. The number of carbonyl (C=O) groups excluding carboxylic acids is 7. The number of amides is 7. The zero-order valence-electron chi connectivity index (χ0n) is 58.5. The highest BCUT2D eigenvalue weighted by atomic mass is 32.3. The van der Waals surface area contributed by atoms with Gasteiger partial charge in [-0.3, -0.25) is 63.9 Å². The van der Waals surface area contributed by atoms with Crippen LogP contribution in [0.4, 0.5) is 11.4 Å². The van der Waals surface area contributed by atoms with Gasteiger partial charge in [0.1, 0.15) is 24.0 Å².